The number of thiophene rings is 1. The van der Waals surface area contributed by atoms with Crippen molar-refractivity contribution in [1.29, 1.82) is 0 Å². The molecule has 2 atom stereocenters. The van der Waals surface area contributed by atoms with Crippen molar-refractivity contribution >= 4 is 23.0 Å². The molecular formula is C19H21NO3S. The third-order valence-electron chi connectivity index (χ3n) is 4.37. The quantitative estimate of drug-likeness (QED) is 0.782. The van der Waals surface area contributed by atoms with Crippen LogP contribution in [0.4, 0.5) is 0 Å². The second-order valence-corrected chi connectivity index (χ2v) is 6.97. The molecule has 24 heavy (non-hydrogen) atoms. The van der Waals surface area contributed by atoms with Crippen LogP contribution in [-0.2, 0) is 9.53 Å². The van der Waals surface area contributed by atoms with Gasteiger partial charge >= 0.3 is 0 Å². The van der Waals surface area contributed by atoms with E-state index in [-0.39, 0.29) is 23.7 Å². The molecule has 1 aliphatic heterocycles. The molecule has 2 heterocycles. The molecule has 3 rings (SSSR count). The number of carbonyl (C=O) groups is 2. The van der Waals surface area contributed by atoms with Gasteiger partial charge in [0, 0.05) is 23.4 Å². The number of benzene rings is 1. The van der Waals surface area contributed by atoms with E-state index in [4.69, 9.17) is 4.74 Å². The average molecular weight is 343 g/mol. The van der Waals surface area contributed by atoms with Crippen LogP contribution in [-0.4, -0.2) is 42.4 Å². The first-order chi connectivity index (χ1) is 11.7. The Bertz CT molecular complexity index is 684. The lowest BCUT2D eigenvalue weighted by Crippen LogP contribution is -2.50. The summed E-state index contributed by atoms with van der Waals surface area (Å²) in [6.45, 7) is 3.42. The maximum Gasteiger partial charge on any atom is 0.231 e. The number of Topliss-reactive ketones (excluding diaryl/α,β-unsaturated/α-hetero) is 1. The molecule has 5 heteroatoms. The van der Waals surface area contributed by atoms with Gasteiger partial charge in [-0.05, 0) is 18.4 Å². The summed E-state index contributed by atoms with van der Waals surface area (Å²) in [6, 6.07) is 13.0. The van der Waals surface area contributed by atoms with E-state index in [1.54, 1.807) is 11.3 Å². The Morgan fingerprint density at radius 2 is 2.04 bits per heavy atom. The molecule has 2 aromatic rings. The lowest BCUT2D eigenvalue weighted by Gasteiger charge is -2.36. The highest BCUT2D eigenvalue weighted by Gasteiger charge is 2.32. The standard InChI is InChI=1S/C19H21NO3S/c1-14(18-8-5-11-24-18)19(22)20-9-10-23-13-16(20)12-17(21)15-6-3-2-4-7-15/h2-8,11,14,16H,9-10,12-13H2,1H3/t14-,16+/m1/s1. The predicted octanol–water partition coefficient (Wildman–Crippen LogP) is 3.35. The van der Waals surface area contributed by atoms with Crippen LogP contribution in [0.15, 0.2) is 47.8 Å². The molecule has 0 spiro atoms. The summed E-state index contributed by atoms with van der Waals surface area (Å²) < 4.78 is 5.53. The Morgan fingerprint density at radius 3 is 2.75 bits per heavy atom. The maximum atomic E-state index is 12.9. The van der Waals surface area contributed by atoms with Crippen LogP contribution in [0.25, 0.3) is 0 Å². The first-order valence-electron chi connectivity index (χ1n) is 8.16. The topological polar surface area (TPSA) is 46.6 Å². The van der Waals surface area contributed by atoms with Gasteiger partial charge in [0.05, 0.1) is 25.2 Å². The highest BCUT2D eigenvalue weighted by Crippen LogP contribution is 2.25. The molecule has 0 radical (unpaired) electrons. The van der Waals surface area contributed by atoms with Crippen LogP contribution >= 0.6 is 11.3 Å². The summed E-state index contributed by atoms with van der Waals surface area (Å²) >= 11 is 1.59. The zero-order valence-corrected chi connectivity index (χ0v) is 14.5. The van der Waals surface area contributed by atoms with Gasteiger partial charge in [-0.1, -0.05) is 36.4 Å². The van der Waals surface area contributed by atoms with Gasteiger partial charge in [0.25, 0.3) is 0 Å². The van der Waals surface area contributed by atoms with Gasteiger partial charge in [-0.25, -0.2) is 0 Å². The van der Waals surface area contributed by atoms with Crippen LogP contribution in [0.1, 0.15) is 34.5 Å². The molecule has 1 amide bonds. The zero-order valence-electron chi connectivity index (χ0n) is 13.7. The van der Waals surface area contributed by atoms with E-state index >= 15 is 0 Å². The lowest BCUT2D eigenvalue weighted by atomic mass is 10.0. The van der Waals surface area contributed by atoms with E-state index in [1.165, 1.54) is 0 Å². The van der Waals surface area contributed by atoms with Crippen LogP contribution in [0.5, 0.6) is 0 Å². The molecule has 1 aliphatic rings. The molecule has 1 aromatic heterocycles. The number of carbonyl (C=O) groups excluding carboxylic acids is 2. The second kappa shape index (κ2) is 7.73. The smallest absolute Gasteiger partial charge is 0.231 e. The molecule has 1 saturated heterocycles. The Balaban J connectivity index is 1.71. The van der Waals surface area contributed by atoms with Gasteiger partial charge in [-0.15, -0.1) is 11.3 Å². The van der Waals surface area contributed by atoms with Crippen LogP contribution in [0.3, 0.4) is 0 Å². The number of hydrogen-bond donors (Lipinski definition) is 0. The van der Waals surface area contributed by atoms with E-state index in [1.807, 2.05) is 59.7 Å². The van der Waals surface area contributed by atoms with Gasteiger partial charge in [-0.2, -0.15) is 0 Å². The average Bonchev–Trinajstić information content (AvgIpc) is 3.16. The molecule has 4 nitrogen and oxygen atoms in total. The van der Waals surface area contributed by atoms with Crippen molar-refractivity contribution in [2.24, 2.45) is 0 Å². The summed E-state index contributed by atoms with van der Waals surface area (Å²) in [6.07, 6.45) is 0.299. The van der Waals surface area contributed by atoms with Crippen molar-refractivity contribution in [3.05, 3.63) is 58.3 Å². The van der Waals surface area contributed by atoms with E-state index in [0.717, 1.165) is 4.88 Å². The lowest BCUT2D eigenvalue weighted by molar-refractivity contribution is -0.140. The molecule has 126 valence electrons. The summed E-state index contributed by atoms with van der Waals surface area (Å²) in [4.78, 5) is 28.3. The van der Waals surface area contributed by atoms with Crippen LogP contribution in [0, 0.1) is 0 Å². The first-order valence-corrected chi connectivity index (χ1v) is 9.04. The van der Waals surface area contributed by atoms with Crippen molar-refractivity contribution in [2.45, 2.75) is 25.3 Å². The third-order valence-corrected chi connectivity index (χ3v) is 5.42. The van der Waals surface area contributed by atoms with Crippen molar-refractivity contribution in [2.75, 3.05) is 19.8 Å². The molecule has 0 N–H and O–H groups in total. The van der Waals surface area contributed by atoms with Crippen molar-refractivity contribution in [1.82, 2.24) is 4.90 Å². The van der Waals surface area contributed by atoms with Crippen molar-refractivity contribution in [3.8, 4) is 0 Å². The van der Waals surface area contributed by atoms with E-state index in [0.29, 0.717) is 31.7 Å². The Kier molecular flexibility index (Phi) is 5.43. The molecule has 0 unspecified atom stereocenters. The van der Waals surface area contributed by atoms with Gasteiger partial charge < -0.3 is 9.64 Å². The number of morpholine rings is 1. The van der Waals surface area contributed by atoms with Gasteiger partial charge in [-0.3, -0.25) is 9.59 Å². The number of amides is 1. The maximum absolute atomic E-state index is 12.9. The third kappa shape index (κ3) is 3.74. The van der Waals surface area contributed by atoms with Crippen molar-refractivity contribution in [3.63, 3.8) is 0 Å². The normalized spacial score (nSPS) is 19.0. The van der Waals surface area contributed by atoms with Gasteiger partial charge in [0.1, 0.15) is 0 Å². The summed E-state index contributed by atoms with van der Waals surface area (Å²) in [5.41, 5.74) is 0.682. The second-order valence-electron chi connectivity index (χ2n) is 5.99. The van der Waals surface area contributed by atoms with Crippen LogP contribution < -0.4 is 0 Å². The number of hydrogen-bond acceptors (Lipinski definition) is 4. The molecule has 0 saturated carbocycles. The Labute approximate surface area is 146 Å². The SMILES string of the molecule is C[C@@H](C(=O)N1CCOC[C@@H]1CC(=O)c1ccccc1)c1cccs1. The fourth-order valence-electron chi connectivity index (χ4n) is 2.98. The van der Waals surface area contributed by atoms with E-state index in [9.17, 15) is 9.59 Å². The molecule has 1 aromatic carbocycles. The predicted molar refractivity (Wildman–Crippen MR) is 94.4 cm³/mol. The Hall–Kier alpha value is -1.98. The molecule has 0 bridgehead atoms. The molecule has 1 fully saturated rings. The van der Waals surface area contributed by atoms with Gasteiger partial charge in [0.15, 0.2) is 5.78 Å². The monoisotopic (exact) mass is 343 g/mol. The summed E-state index contributed by atoms with van der Waals surface area (Å²) in [5.74, 6) is -0.0586. The number of ether oxygens (including phenoxy) is 1. The Morgan fingerprint density at radius 1 is 1.25 bits per heavy atom. The van der Waals surface area contributed by atoms with E-state index < -0.39 is 0 Å². The number of ketones is 1. The minimum Gasteiger partial charge on any atom is -0.377 e. The fourth-order valence-corrected chi connectivity index (χ4v) is 3.75. The number of rotatable bonds is 5. The molecular weight excluding hydrogens is 322 g/mol. The molecule has 0 aliphatic carbocycles. The summed E-state index contributed by atoms with van der Waals surface area (Å²) in [5, 5.41) is 1.98. The first kappa shape index (κ1) is 16.9. The van der Waals surface area contributed by atoms with Crippen molar-refractivity contribution < 1.29 is 14.3 Å². The van der Waals surface area contributed by atoms with E-state index in [2.05, 4.69) is 0 Å². The highest BCUT2D eigenvalue weighted by atomic mass is 32.1. The largest absolute Gasteiger partial charge is 0.377 e. The van der Waals surface area contributed by atoms with Gasteiger partial charge in [0.2, 0.25) is 5.91 Å². The zero-order chi connectivity index (χ0) is 16.9. The highest BCUT2D eigenvalue weighted by molar-refractivity contribution is 7.10. The fraction of sp³-hybridized carbons (Fsp3) is 0.368. The number of nitrogens with zero attached hydrogens (tertiary/aromatic N) is 1. The minimum atomic E-state index is -0.193. The summed E-state index contributed by atoms with van der Waals surface area (Å²) in [7, 11) is 0. The van der Waals surface area contributed by atoms with Crippen LogP contribution in [0.2, 0.25) is 0 Å². The minimum absolute atomic E-state index is 0.0488.